The van der Waals surface area contributed by atoms with Gasteiger partial charge in [-0.15, -0.1) is 0 Å². The lowest BCUT2D eigenvalue weighted by Crippen LogP contribution is -2.44. The molecule has 1 aliphatic rings. The number of carbonyl (C=O) groups is 2. The number of urea groups is 1. The monoisotopic (exact) mass is 338 g/mol. The molecule has 108 valence electrons. The van der Waals surface area contributed by atoms with Gasteiger partial charge in [0.25, 0.3) is 0 Å². The molecule has 0 spiro atoms. The molecular weight excluding hydrogens is 320 g/mol. The quantitative estimate of drug-likeness (QED) is 0.899. The maximum Gasteiger partial charge on any atom is 0.321 e. The fourth-order valence-electron chi connectivity index (χ4n) is 2.96. The Kier molecular flexibility index (Phi) is 4.18. The van der Waals surface area contributed by atoms with E-state index >= 15 is 0 Å². The predicted octanol–water partition coefficient (Wildman–Crippen LogP) is 3.26. The topological polar surface area (TPSA) is 63.4 Å². The highest BCUT2D eigenvalue weighted by molar-refractivity contribution is 9.10. The van der Waals surface area contributed by atoms with Crippen molar-refractivity contribution in [3.8, 4) is 0 Å². The van der Waals surface area contributed by atoms with E-state index in [-0.39, 0.29) is 5.91 Å². The highest BCUT2D eigenvalue weighted by atomic mass is 79.9. The van der Waals surface area contributed by atoms with Crippen LogP contribution in [0.25, 0.3) is 0 Å². The molecule has 3 amide bonds. The first-order valence-electron chi connectivity index (χ1n) is 6.66. The van der Waals surface area contributed by atoms with Crippen molar-refractivity contribution in [2.24, 2.45) is 11.1 Å². The molecule has 5 heteroatoms. The number of nitrogens with zero attached hydrogens (tertiary/aromatic N) is 1. The molecule has 0 radical (unpaired) electrons. The first-order valence-corrected chi connectivity index (χ1v) is 7.46. The summed E-state index contributed by atoms with van der Waals surface area (Å²) in [4.78, 5) is 24.5. The SMILES string of the molecule is CN(C(N)=O)C(=O)C1(C)CC[C@H](c2ccc(Br)cc2)C1. The second-order valence-electron chi connectivity index (χ2n) is 5.75. The van der Waals surface area contributed by atoms with E-state index < -0.39 is 11.4 Å². The van der Waals surface area contributed by atoms with E-state index in [1.165, 1.54) is 12.6 Å². The van der Waals surface area contributed by atoms with E-state index in [0.717, 1.165) is 28.6 Å². The first kappa shape index (κ1) is 15.0. The predicted molar refractivity (Wildman–Crippen MR) is 81.2 cm³/mol. The second-order valence-corrected chi connectivity index (χ2v) is 6.67. The standard InChI is InChI=1S/C15H19BrN2O2/c1-15(13(19)18(2)14(17)20)8-7-11(9-15)10-3-5-12(16)6-4-10/h3-6,11H,7-9H2,1-2H3,(H2,17,20)/t11-,15?/m0/s1. The summed E-state index contributed by atoms with van der Waals surface area (Å²) in [6.45, 7) is 1.92. The van der Waals surface area contributed by atoms with Crippen LogP contribution in [0.3, 0.4) is 0 Å². The Morgan fingerprint density at radius 2 is 1.95 bits per heavy atom. The Hall–Kier alpha value is -1.36. The first-order chi connectivity index (χ1) is 9.33. The van der Waals surface area contributed by atoms with E-state index in [1.807, 2.05) is 19.1 Å². The smallest absolute Gasteiger partial charge is 0.321 e. The largest absolute Gasteiger partial charge is 0.351 e. The van der Waals surface area contributed by atoms with Crippen LogP contribution in [0.4, 0.5) is 4.79 Å². The maximum atomic E-state index is 12.4. The molecule has 1 aromatic rings. The van der Waals surface area contributed by atoms with Crippen molar-refractivity contribution >= 4 is 27.9 Å². The average Bonchev–Trinajstić information content (AvgIpc) is 2.81. The van der Waals surface area contributed by atoms with E-state index in [9.17, 15) is 9.59 Å². The molecule has 1 aromatic carbocycles. The molecule has 2 rings (SSSR count). The highest BCUT2D eigenvalue weighted by Crippen LogP contribution is 2.47. The summed E-state index contributed by atoms with van der Waals surface area (Å²) in [6, 6.07) is 7.51. The van der Waals surface area contributed by atoms with Gasteiger partial charge in [0.2, 0.25) is 5.91 Å². The molecule has 0 aliphatic heterocycles. The molecule has 1 aliphatic carbocycles. The lowest BCUT2D eigenvalue weighted by atomic mass is 9.85. The molecule has 1 unspecified atom stereocenters. The van der Waals surface area contributed by atoms with Gasteiger partial charge in [-0.2, -0.15) is 0 Å². The number of rotatable bonds is 2. The van der Waals surface area contributed by atoms with Crippen molar-refractivity contribution in [2.75, 3.05) is 7.05 Å². The van der Waals surface area contributed by atoms with E-state index in [2.05, 4.69) is 28.1 Å². The van der Waals surface area contributed by atoms with Crippen LogP contribution in [0.15, 0.2) is 28.7 Å². The van der Waals surface area contributed by atoms with E-state index in [4.69, 9.17) is 5.73 Å². The molecule has 20 heavy (non-hydrogen) atoms. The zero-order chi connectivity index (χ0) is 14.9. The van der Waals surface area contributed by atoms with Crippen LogP contribution < -0.4 is 5.73 Å². The number of carbonyl (C=O) groups excluding carboxylic acids is 2. The van der Waals surface area contributed by atoms with Gasteiger partial charge in [0.15, 0.2) is 0 Å². The summed E-state index contributed by atoms with van der Waals surface area (Å²) in [5.74, 6) is 0.183. The fraction of sp³-hybridized carbons (Fsp3) is 0.467. The van der Waals surface area contributed by atoms with Crippen LogP contribution in [0.2, 0.25) is 0 Å². The molecule has 0 aromatic heterocycles. The number of hydrogen-bond donors (Lipinski definition) is 1. The van der Waals surface area contributed by atoms with E-state index in [1.54, 1.807) is 0 Å². The minimum Gasteiger partial charge on any atom is -0.351 e. The number of imide groups is 1. The maximum absolute atomic E-state index is 12.4. The van der Waals surface area contributed by atoms with Gasteiger partial charge in [-0.05, 0) is 42.9 Å². The number of primary amides is 1. The lowest BCUT2D eigenvalue weighted by molar-refractivity contribution is -0.136. The van der Waals surface area contributed by atoms with Gasteiger partial charge < -0.3 is 5.73 Å². The lowest BCUT2D eigenvalue weighted by Gasteiger charge is -2.27. The van der Waals surface area contributed by atoms with Crippen LogP contribution in [0, 0.1) is 5.41 Å². The van der Waals surface area contributed by atoms with Gasteiger partial charge in [-0.25, -0.2) is 4.79 Å². The highest BCUT2D eigenvalue weighted by Gasteiger charge is 2.43. The van der Waals surface area contributed by atoms with Gasteiger partial charge >= 0.3 is 6.03 Å². The number of nitrogens with two attached hydrogens (primary N) is 1. The zero-order valence-corrected chi connectivity index (χ0v) is 13.3. The molecule has 1 saturated carbocycles. The third kappa shape index (κ3) is 2.87. The Balaban J connectivity index is 2.13. The van der Waals surface area contributed by atoms with Crippen LogP contribution >= 0.6 is 15.9 Å². The fourth-order valence-corrected chi connectivity index (χ4v) is 3.22. The summed E-state index contributed by atoms with van der Waals surface area (Å²) < 4.78 is 1.05. The van der Waals surface area contributed by atoms with Crippen molar-refractivity contribution in [1.82, 2.24) is 4.90 Å². The van der Waals surface area contributed by atoms with Crippen molar-refractivity contribution in [2.45, 2.75) is 32.1 Å². The third-order valence-electron chi connectivity index (χ3n) is 4.23. The van der Waals surface area contributed by atoms with Gasteiger partial charge in [0.05, 0.1) is 0 Å². The summed E-state index contributed by atoms with van der Waals surface area (Å²) in [7, 11) is 1.45. The minimum absolute atomic E-state index is 0.176. The molecule has 2 N–H and O–H groups in total. The minimum atomic E-state index is -0.691. The van der Waals surface area contributed by atoms with Gasteiger partial charge in [-0.3, -0.25) is 9.69 Å². The summed E-state index contributed by atoms with van der Waals surface area (Å²) in [5.41, 5.74) is 5.93. The third-order valence-corrected chi connectivity index (χ3v) is 4.76. The number of halogens is 1. The molecule has 0 heterocycles. The van der Waals surface area contributed by atoms with Gasteiger partial charge in [-0.1, -0.05) is 35.0 Å². The van der Waals surface area contributed by atoms with Gasteiger partial charge in [0, 0.05) is 16.9 Å². The van der Waals surface area contributed by atoms with Crippen molar-refractivity contribution < 1.29 is 9.59 Å². The van der Waals surface area contributed by atoms with Crippen molar-refractivity contribution in [1.29, 1.82) is 0 Å². The number of amides is 3. The Morgan fingerprint density at radius 1 is 1.35 bits per heavy atom. The molecule has 4 nitrogen and oxygen atoms in total. The summed E-state index contributed by atoms with van der Waals surface area (Å²) >= 11 is 3.42. The second kappa shape index (κ2) is 5.56. The molecule has 1 fully saturated rings. The molecule has 0 bridgehead atoms. The number of hydrogen-bond acceptors (Lipinski definition) is 2. The molecule has 2 atom stereocenters. The number of benzene rings is 1. The Bertz CT molecular complexity index is 529. The Labute approximate surface area is 127 Å². The molecular formula is C15H19BrN2O2. The summed E-state index contributed by atoms with van der Waals surface area (Å²) in [6.07, 6.45) is 2.49. The van der Waals surface area contributed by atoms with Gasteiger partial charge in [0.1, 0.15) is 0 Å². The van der Waals surface area contributed by atoms with Crippen molar-refractivity contribution in [3.05, 3.63) is 34.3 Å². The average molecular weight is 339 g/mol. The van der Waals surface area contributed by atoms with Crippen LogP contribution in [-0.4, -0.2) is 23.9 Å². The van der Waals surface area contributed by atoms with Crippen LogP contribution in [0.5, 0.6) is 0 Å². The van der Waals surface area contributed by atoms with E-state index in [0.29, 0.717) is 5.92 Å². The van der Waals surface area contributed by atoms with Crippen LogP contribution in [-0.2, 0) is 4.79 Å². The Morgan fingerprint density at radius 3 is 2.50 bits per heavy atom. The van der Waals surface area contributed by atoms with Crippen LogP contribution in [0.1, 0.15) is 37.7 Å². The zero-order valence-electron chi connectivity index (χ0n) is 11.7. The summed E-state index contributed by atoms with van der Waals surface area (Å²) in [5, 5.41) is 0. The molecule has 0 saturated heterocycles. The normalized spacial score (nSPS) is 25.4. The van der Waals surface area contributed by atoms with Crippen molar-refractivity contribution in [3.63, 3.8) is 0 Å².